The van der Waals surface area contributed by atoms with Crippen molar-refractivity contribution in [3.63, 3.8) is 0 Å². The molecule has 33 heavy (non-hydrogen) atoms. The second-order valence-corrected chi connectivity index (χ2v) is 11.8. The van der Waals surface area contributed by atoms with Gasteiger partial charge in [0.15, 0.2) is 0 Å². The highest BCUT2D eigenvalue weighted by molar-refractivity contribution is 9.10. The average molecular weight is 596 g/mol. The molecule has 1 atom stereocenters. The summed E-state index contributed by atoms with van der Waals surface area (Å²) in [6.45, 7) is 1.48. The van der Waals surface area contributed by atoms with Crippen molar-refractivity contribution in [2.45, 2.75) is 44.4 Å². The predicted octanol–water partition coefficient (Wildman–Crippen LogP) is 5.24. The van der Waals surface area contributed by atoms with E-state index in [0.717, 1.165) is 58.4 Å². The van der Waals surface area contributed by atoms with Gasteiger partial charge in [0.2, 0.25) is 11.8 Å². The Bertz CT molecular complexity index is 1110. The first-order chi connectivity index (χ1) is 15.8. The van der Waals surface area contributed by atoms with Crippen molar-refractivity contribution in [3.05, 3.63) is 60.7 Å². The maximum absolute atomic E-state index is 12.9. The van der Waals surface area contributed by atoms with Crippen LogP contribution in [0.25, 0.3) is 0 Å². The zero-order valence-corrected chi connectivity index (χ0v) is 22.1. The fourth-order valence-electron chi connectivity index (χ4n) is 5.79. The van der Waals surface area contributed by atoms with E-state index in [1.807, 2.05) is 17.2 Å². The number of carbonyl (C=O) groups is 2. The van der Waals surface area contributed by atoms with Crippen molar-refractivity contribution in [1.29, 1.82) is 0 Å². The van der Waals surface area contributed by atoms with Crippen LogP contribution in [0.3, 0.4) is 0 Å². The molecule has 5 nitrogen and oxygen atoms in total. The van der Waals surface area contributed by atoms with E-state index in [1.165, 1.54) is 16.7 Å². The number of primary amides is 1. The number of aryl methyl sites for hydroxylation is 2. The fourth-order valence-corrected chi connectivity index (χ4v) is 7.29. The summed E-state index contributed by atoms with van der Waals surface area (Å²) < 4.78 is 2.04. The minimum atomic E-state index is -0.284. The van der Waals surface area contributed by atoms with Crippen LogP contribution in [0.2, 0.25) is 5.02 Å². The van der Waals surface area contributed by atoms with Gasteiger partial charge in [0.05, 0.1) is 5.69 Å². The minimum Gasteiger partial charge on any atom is -0.369 e. The second-order valence-electron chi connectivity index (χ2n) is 9.57. The van der Waals surface area contributed by atoms with Crippen molar-refractivity contribution in [1.82, 2.24) is 9.88 Å². The molecule has 2 aromatic rings. The molecule has 0 spiro atoms. The number of rotatable bonds is 3. The van der Waals surface area contributed by atoms with E-state index >= 15 is 0 Å². The summed E-state index contributed by atoms with van der Waals surface area (Å²) in [5, 5.41) is 0.745. The number of piperidine rings is 1. The number of amides is 2. The number of nitrogens with zero attached hydrogens (tertiary/aromatic N) is 2. The average Bonchev–Trinajstić information content (AvgIpc) is 2.89. The maximum Gasteiger partial charge on any atom is 0.225 e. The van der Waals surface area contributed by atoms with E-state index in [4.69, 9.17) is 22.3 Å². The van der Waals surface area contributed by atoms with E-state index in [-0.39, 0.29) is 29.6 Å². The highest BCUT2D eigenvalue weighted by Gasteiger charge is 2.41. The fraction of sp³-hybridized carbons (Fsp3) is 0.480. The van der Waals surface area contributed by atoms with Crippen molar-refractivity contribution in [2.75, 3.05) is 13.1 Å². The zero-order chi connectivity index (χ0) is 23.3. The molecule has 2 heterocycles. The number of aromatic nitrogens is 1. The van der Waals surface area contributed by atoms with Crippen LogP contribution in [0.5, 0.6) is 0 Å². The first-order valence-corrected chi connectivity index (χ1v) is 13.5. The van der Waals surface area contributed by atoms with Gasteiger partial charge in [0, 0.05) is 51.0 Å². The Balaban J connectivity index is 1.39. The third-order valence-electron chi connectivity index (χ3n) is 7.63. The third kappa shape index (κ3) is 4.48. The minimum absolute atomic E-state index is 0.0475. The predicted molar refractivity (Wildman–Crippen MR) is 135 cm³/mol. The molecule has 1 aromatic heterocycles. The standard InChI is InChI=1S/C25H26Br2ClN3O2/c26-18-9-15-2-1-14-10-19(28)11-20(27)21(14)22(23(15)30-12-18)13-3-5-31(6-4-13)25(33)17-7-16(8-17)24(29)32/h9-13,16-17,22H,1-8H2,(H2,29,32)/t16?,17?,22-/m1/s1. The Hall–Kier alpha value is -1.44. The second kappa shape index (κ2) is 9.31. The molecule has 2 fully saturated rings. The summed E-state index contributed by atoms with van der Waals surface area (Å²) in [6, 6.07) is 6.28. The summed E-state index contributed by atoms with van der Waals surface area (Å²) in [6.07, 6.45) is 6.80. The van der Waals surface area contributed by atoms with Crippen LogP contribution in [0.4, 0.5) is 0 Å². The Kier molecular flexibility index (Phi) is 6.57. The monoisotopic (exact) mass is 593 g/mol. The third-order valence-corrected chi connectivity index (χ3v) is 8.94. The van der Waals surface area contributed by atoms with Crippen LogP contribution in [0.1, 0.15) is 54.0 Å². The molecule has 3 aliphatic rings. The van der Waals surface area contributed by atoms with Crippen molar-refractivity contribution >= 4 is 55.3 Å². The summed E-state index contributed by atoms with van der Waals surface area (Å²) in [5.41, 5.74) is 10.4. The number of hydrogen-bond acceptors (Lipinski definition) is 3. The quantitative estimate of drug-likeness (QED) is 0.528. The summed E-state index contributed by atoms with van der Waals surface area (Å²) in [4.78, 5) is 31.2. The number of likely N-dealkylation sites (tertiary alicyclic amines) is 1. The van der Waals surface area contributed by atoms with Crippen LogP contribution in [-0.2, 0) is 22.4 Å². The van der Waals surface area contributed by atoms with Crippen LogP contribution in [0.15, 0.2) is 33.3 Å². The molecule has 1 aliphatic heterocycles. The van der Waals surface area contributed by atoms with Crippen LogP contribution in [0, 0.1) is 17.8 Å². The molecular formula is C25H26Br2ClN3O2. The van der Waals surface area contributed by atoms with Crippen molar-refractivity contribution in [3.8, 4) is 0 Å². The van der Waals surface area contributed by atoms with Crippen LogP contribution < -0.4 is 5.73 Å². The molecule has 0 bridgehead atoms. The molecule has 1 saturated heterocycles. The molecular weight excluding hydrogens is 570 g/mol. The molecule has 2 N–H and O–H groups in total. The number of nitrogens with two attached hydrogens (primary N) is 1. The first kappa shape index (κ1) is 23.3. The lowest BCUT2D eigenvalue weighted by atomic mass is 9.73. The van der Waals surface area contributed by atoms with Gasteiger partial charge in [-0.1, -0.05) is 27.5 Å². The van der Waals surface area contributed by atoms with Gasteiger partial charge in [-0.3, -0.25) is 14.6 Å². The number of hydrogen-bond donors (Lipinski definition) is 1. The van der Waals surface area contributed by atoms with Crippen LogP contribution in [-0.4, -0.2) is 34.8 Å². The van der Waals surface area contributed by atoms with Gasteiger partial charge in [-0.05, 0) is 95.3 Å². The summed E-state index contributed by atoms with van der Waals surface area (Å²) >= 11 is 13.8. The molecule has 1 saturated carbocycles. The molecule has 2 amide bonds. The highest BCUT2D eigenvalue weighted by Crippen LogP contribution is 2.46. The number of halogens is 3. The molecule has 0 unspecified atom stereocenters. The lowest BCUT2D eigenvalue weighted by molar-refractivity contribution is -0.143. The molecule has 1 aromatic carbocycles. The topological polar surface area (TPSA) is 76.3 Å². The lowest BCUT2D eigenvalue weighted by Gasteiger charge is -2.41. The van der Waals surface area contributed by atoms with Crippen molar-refractivity contribution < 1.29 is 9.59 Å². The van der Waals surface area contributed by atoms with E-state index in [0.29, 0.717) is 18.8 Å². The van der Waals surface area contributed by atoms with E-state index in [9.17, 15) is 9.59 Å². The van der Waals surface area contributed by atoms with E-state index in [1.54, 1.807) is 0 Å². The zero-order valence-electron chi connectivity index (χ0n) is 18.2. The van der Waals surface area contributed by atoms with E-state index in [2.05, 4.69) is 44.0 Å². The van der Waals surface area contributed by atoms with Gasteiger partial charge in [-0.25, -0.2) is 0 Å². The number of carbonyl (C=O) groups excluding carboxylic acids is 2. The van der Waals surface area contributed by atoms with Crippen molar-refractivity contribution in [2.24, 2.45) is 23.5 Å². The summed E-state index contributed by atoms with van der Waals surface area (Å²) in [7, 11) is 0. The van der Waals surface area contributed by atoms with Gasteiger partial charge in [-0.15, -0.1) is 0 Å². The van der Waals surface area contributed by atoms with E-state index < -0.39 is 0 Å². The maximum atomic E-state index is 12.9. The highest BCUT2D eigenvalue weighted by atomic mass is 79.9. The smallest absolute Gasteiger partial charge is 0.225 e. The largest absolute Gasteiger partial charge is 0.369 e. The number of benzene rings is 1. The number of fused-ring (bicyclic) bond motifs is 2. The van der Waals surface area contributed by atoms with Crippen LogP contribution >= 0.6 is 43.5 Å². The van der Waals surface area contributed by atoms with Gasteiger partial charge in [0.25, 0.3) is 0 Å². The summed E-state index contributed by atoms with van der Waals surface area (Å²) in [5.74, 6) is 0.266. The molecule has 8 heteroatoms. The Morgan fingerprint density at radius 3 is 2.42 bits per heavy atom. The van der Waals surface area contributed by atoms with Gasteiger partial charge in [0.1, 0.15) is 0 Å². The molecule has 174 valence electrons. The SMILES string of the molecule is NC(=O)C1CC(C(=O)N2CCC([C@H]3c4ncc(Br)cc4CCc4cc(Cl)cc(Br)c43)CC2)C1. The molecule has 2 aliphatic carbocycles. The Labute approximate surface area is 215 Å². The number of pyridine rings is 1. The Morgan fingerprint density at radius 2 is 1.73 bits per heavy atom. The lowest BCUT2D eigenvalue weighted by Crippen LogP contribution is -2.48. The normalized spacial score (nSPS) is 24.9. The Morgan fingerprint density at radius 1 is 1.03 bits per heavy atom. The van der Waals surface area contributed by atoms with Gasteiger partial charge in [-0.2, -0.15) is 0 Å². The van der Waals surface area contributed by atoms with Gasteiger partial charge >= 0.3 is 0 Å². The molecule has 5 rings (SSSR count). The first-order valence-electron chi connectivity index (χ1n) is 11.5. The molecule has 0 radical (unpaired) electrons. The van der Waals surface area contributed by atoms with Gasteiger partial charge < -0.3 is 10.6 Å².